The average Bonchev–Trinajstić information content (AvgIpc) is 2.31. The summed E-state index contributed by atoms with van der Waals surface area (Å²) in [6, 6.07) is 8.34. The van der Waals surface area contributed by atoms with Crippen molar-refractivity contribution in [3.63, 3.8) is 0 Å². The van der Waals surface area contributed by atoms with Gasteiger partial charge in [0.1, 0.15) is 0 Å². The summed E-state index contributed by atoms with van der Waals surface area (Å²) in [4.78, 5) is 13.2. The Morgan fingerprint density at radius 2 is 2.00 bits per heavy atom. The number of rotatable bonds is 2. The molecular weight excluding hydrogens is 214 g/mol. The Morgan fingerprint density at radius 3 is 2.59 bits per heavy atom. The number of aliphatic carboxylic acids is 1. The Balaban J connectivity index is 2.32. The lowest BCUT2D eigenvalue weighted by atomic mass is 9.96. The molecule has 0 aliphatic carbocycles. The summed E-state index contributed by atoms with van der Waals surface area (Å²) in [5.41, 5.74) is 2.89. The zero-order chi connectivity index (χ0) is 12.4. The maximum Gasteiger partial charge on any atom is 0.331 e. The first kappa shape index (κ1) is 11.9. The fraction of sp³-hybridized carbons (Fsp3) is 0.357. The van der Waals surface area contributed by atoms with Crippen molar-refractivity contribution < 1.29 is 9.90 Å². The Morgan fingerprint density at radius 1 is 1.35 bits per heavy atom. The van der Waals surface area contributed by atoms with Crippen molar-refractivity contribution in [2.45, 2.75) is 19.4 Å². The highest BCUT2D eigenvalue weighted by atomic mass is 16.4. The van der Waals surface area contributed by atoms with E-state index < -0.39 is 5.97 Å². The van der Waals surface area contributed by atoms with Crippen LogP contribution in [0.3, 0.4) is 0 Å². The van der Waals surface area contributed by atoms with Gasteiger partial charge in [0.2, 0.25) is 0 Å². The van der Waals surface area contributed by atoms with E-state index in [2.05, 4.69) is 29.2 Å². The fourth-order valence-electron chi connectivity index (χ4n) is 2.13. The van der Waals surface area contributed by atoms with Gasteiger partial charge in [-0.05, 0) is 26.0 Å². The molecule has 1 aromatic carbocycles. The molecule has 3 heteroatoms. The van der Waals surface area contributed by atoms with Crippen LogP contribution in [0.4, 0.5) is 0 Å². The van der Waals surface area contributed by atoms with E-state index in [0.29, 0.717) is 12.0 Å². The van der Waals surface area contributed by atoms with Crippen LogP contribution in [0.15, 0.2) is 35.9 Å². The first-order chi connectivity index (χ1) is 8.08. The standard InChI is InChI=1S/C14H17NO2/c1-10-3-5-11(6-4-10)13-9-12(14(16)17)7-8-15(13)2/h3-6,9,13H,7-8H2,1-2H3,(H,16,17). The molecule has 0 amide bonds. The summed E-state index contributed by atoms with van der Waals surface area (Å²) < 4.78 is 0. The number of carboxylic acid groups (broad SMARTS) is 1. The molecule has 1 unspecified atom stereocenters. The van der Waals surface area contributed by atoms with E-state index in [1.807, 2.05) is 20.0 Å². The number of likely N-dealkylation sites (N-methyl/N-ethyl adjacent to an activating group) is 1. The molecule has 2 rings (SSSR count). The van der Waals surface area contributed by atoms with Crippen LogP contribution in [0.25, 0.3) is 0 Å². The molecule has 0 saturated carbocycles. The largest absolute Gasteiger partial charge is 0.478 e. The third-order valence-corrected chi connectivity index (χ3v) is 3.26. The first-order valence-electron chi connectivity index (χ1n) is 5.78. The highest BCUT2D eigenvalue weighted by Gasteiger charge is 2.23. The van der Waals surface area contributed by atoms with Crippen molar-refractivity contribution in [2.24, 2.45) is 0 Å². The zero-order valence-corrected chi connectivity index (χ0v) is 10.2. The maximum absolute atomic E-state index is 11.0. The van der Waals surface area contributed by atoms with Gasteiger partial charge in [0, 0.05) is 12.1 Å². The molecule has 0 bridgehead atoms. The van der Waals surface area contributed by atoms with E-state index in [9.17, 15) is 4.79 Å². The molecule has 3 nitrogen and oxygen atoms in total. The molecule has 17 heavy (non-hydrogen) atoms. The van der Waals surface area contributed by atoms with Crippen molar-refractivity contribution in [1.82, 2.24) is 4.90 Å². The Kier molecular flexibility index (Phi) is 3.29. The van der Waals surface area contributed by atoms with Gasteiger partial charge in [-0.1, -0.05) is 35.9 Å². The summed E-state index contributed by atoms with van der Waals surface area (Å²) in [5, 5.41) is 9.05. The van der Waals surface area contributed by atoms with Gasteiger partial charge in [-0.25, -0.2) is 4.79 Å². The van der Waals surface area contributed by atoms with Crippen molar-refractivity contribution in [3.05, 3.63) is 47.0 Å². The second-order valence-corrected chi connectivity index (χ2v) is 4.58. The fourth-order valence-corrected chi connectivity index (χ4v) is 2.13. The molecular formula is C14H17NO2. The van der Waals surface area contributed by atoms with Crippen LogP contribution in [0.1, 0.15) is 23.6 Å². The number of carbonyl (C=O) groups is 1. The summed E-state index contributed by atoms with van der Waals surface area (Å²) >= 11 is 0. The Labute approximate surface area is 101 Å². The Hall–Kier alpha value is -1.61. The number of hydrogen-bond donors (Lipinski definition) is 1. The van der Waals surface area contributed by atoms with Gasteiger partial charge in [0.15, 0.2) is 0 Å². The van der Waals surface area contributed by atoms with Gasteiger partial charge in [-0.3, -0.25) is 4.90 Å². The predicted molar refractivity (Wildman–Crippen MR) is 66.9 cm³/mol. The van der Waals surface area contributed by atoms with Crippen LogP contribution >= 0.6 is 0 Å². The van der Waals surface area contributed by atoms with Crippen LogP contribution in [-0.4, -0.2) is 29.6 Å². The quantitative estimate of drug-likeness (QED) is 0.849. The van der Waals surface area contributed by atoms with Gasteiger partial charge < -0.3 is 5.11 Å². The number of aryl methyl sites for hydroxylation is 1. The first-order valence-corrected chi connectivity index (χ1v) is 5.78. The lowest BCUT2D eigenvalue weighted by molar-refractivity contribution is -0.133. The topological polar surface area (TPSA) is 40.5 Å². The van der Waals surface area contributed by atoms with Crippen LogP contribution < -0.4 is 0 Å². The van der Waals surface area contributed by atoms with E-state index in [4.69, 9.17) is 5.11 Å². The minimum atomic E-state index is -0.796. The molecule has 1 atom stereocenters. The Bertz CT molecular complexity index is 448. The van der Waals surface area contributed by atoms with Gasteiger partial charge >= 0.3 is 5.97 Å². The maximum atomic E-state index is 11.0. The summed E-state index contributed by atoms with van der Waals surface area (Å²) in [6.45, 7) is 2.84. The summed E-state index contributed by atoms with van der Waals surface area (Å²) in [6.07, 6.45) is 2.48. The van der Waals surface area contributed by atoms with Crippen molar-refractivity contribution in [1.29, 1.82) is 0 Å². The van der Waals surface area contributed by atoms with Gasteiger partial charge in [0.25, 0.3) is 0 Å². The molecule has 1 aliphatic rings. The molecule has 0 radical (unpaired) electrons. The number of carboxylic acids is 1. The second kappa shape index (κ2) is 4.72. The molecule has 0 spiro atoms. The third-order valence-electron chi connectivity index (χ3n) is 3.26. The lowest BCUT2D eigenvalue weighted by Crippen LogP contribution is -2.30. The molecule has 1 aromatic rings. The monoisotopic (exact) mass is 231 g/mol. The van der Waals surface area contributed by atoms with E-state index in [1.165, 1.54) is 5.56 Å². The third kappa shape index (κ3) is 2.56. The van der Waals surface area contributed by atoms with Crippen LogP contribution in [0.2, 0.25) is 0 Å². The van der Waals surface area contributed by atoms with Gasteiger partial charge in [-0.2, -0.15) is 0 Å². The smallest absolute Gasteiger partial charge is 0.331 e. The zero-order valence-electron chi connectivity index (χ0n) is 10.2. The molecule has 1 heterocycles. The minimum Gasteiger partial charge on any atom is -0.478 e. The predicted octanol–water partition coefficient (Wildman–Crippen LogP) is 2.38. The molecule has 0 aromatic heterocycles. The van der Waals surface area contributed by atoms with E-state index in [1.54, 1.807) is 0 Å². The van der Waals surface area contributed by atoms with Crippen LogP contribution in [-0.2, 0) is 4.79 Å². The summed E-state index contributed by atoms with van der Waals surface area (Å²) in [5.74, 6) is -0.796. The van der Waals surface area contributed by atoms with Crippen molar-refractivity contribution >= 4 is 5.97 Å². The highest BCUT2D eigenvalue weighted by Crippen LogP contribution is 2.27. The number of nitrogens with zero attached hydrogens (tertiary/aromatic N) is 1. The lowest BCUT2D eigenvalue weighted by Gasteiger charge is -2.30. The molecule has 1 aliphatic heterocycles. The van der Waals surface area contributed by atoms with Gasteiger partial charge in [0.05, 0.1) is 6.04 Å². The molecule has 0 saturated heterocycles. The van der Waals surface area contributed by atoms with Crippen LogP contribution in [0, 0.1) is 6.92 Å². The van der Waals surface area contributed by atoms with Gasteiger partial charge in [-0.15, -0.1) is 0 Å². The van der Waals surface area contributed by atoms with Crippen LogP contribution in [0.5, 0.6) is 0 Å². The number of benzene rings is 1. The molecule has 1 N–H and O–H groups in total. The van der Waals surface area contributed by atoms with E-state index in [-0.39, 0.29) is 6.04 Å². The second-order valence-electron chi connectivity index (χ2n) is 4.58. The van der Waals surface area contributed by atoms with Crippen molar-refractivity contribution in [2.75, 3.05) is 13.6 Å². The molecule has 0 fully saturated rings. The van der Waals surface area contributed by atoms with E-state index >= 15 is 0 Å². The normalized spacial score (nSPS) is 21.1. The summed E-state index contributed by atoms with van der Waals surface area (Å²) in [7, 11) is 2.03. The SMILES string of the molecule is Cc1ccc(C2C=C(C(=O)O)CCN2C)cc1. The number of hydrogen-bond acceptors (Lipinski definition) is 2. The molecule has 90 valence electrons. The average molecular weight is 231 g/mol. The minimum absolute atomic E-state index is 0.0791. The highest BCUT2D eigenvalue weighted by molar-refractivity contribution is 5.86. The van der Waals surface area contributed by atoms with E-state index in [0.717, 1.165) is 12.1 Å². The van der Waals surface area contributed by atoms with Crippen molar-refractivity contribution in [3.8, 4) is 0 Å².